The topological polar surface area (TPSA) is 52.6 Å². The van der Waals surface area contributed by atoms with Crippen LogP contribution in [0.2, 0.25) is 0 Å². The molecule has 1 aliphatic heterocycles. The smallest absolute Gasteiger partial charge is 0.303 e. The first-order chi connectivity index (χ1) is 8.17. The molecule has 2 atom stereocenters. The second-order valence-electron chi connectivity index (χ2n) is 5.52. The second kappa shape index (κ2) is 5.83. The molecule has 0 bridgehead atoms. The van der Waals surface area contributed by atoms with E-state index in [1.54, 1.807) is 0 Å². The van der Waals surface area contributed by atoms with E-state index in [2.05, 4.69) is 17.1 Å². The molecule has 2 aliphatic rings. The van der Waals surface area contributed by atoms with Crippen molar-refractivity contribution in [3.8, 4) is 0 Å². The Morgan fingerprint density at radius 2 is 2.12 bits per heavy atom. The summed E-state index contributed by atoms with van der Waals surface area (Å²) in [5.74, 6) is -0.110. The van der Waals surface area contributed by atoms with Gasteiger partial charge in [0.25, 0.3) is 0 Å². The van der Waals surface area contributed by atoms with Gasteiger partial charge in [-0.1, -0.05) is 6.92 Å². The first-order valence-electron chi connectivity index (χ1n) is 6.87. The lowest BCUT2D eigenvalue weighted by atomic mass is 9.90. The van der Waals surface area contributed by atoms with Crippen molar-refractivity contribution >= 4 is 5.97 Å². The van der Waals surface area contributed by atoms with E-state index in [-0.39, 0.29) is 0 Å². The first kappa shape index (κ1) is 12.8. The SMILES string of the molecule is CCN1CC(CCC(=O)O)CC(NC2CC2)C1. The van der Waals surface area contributed by atoms with Gasteiger partial charge < -0.3 is 15.3 Å². The van der Waals surface area contributed by atoms with E-state index < -0.39 is 5.97 Å². The maximum Gasteiger partial charge on any atom is 0.303 e. The van der Waals surface area contributed by atoms with Gasteiger partial charge in [-0.05, 0) is 38.1 Å². The summed E-state index contributed by atoms with van der Waals surface area (Å²) in [6.45, 7) is 5.48. The van der Waals surface area contributed by atoms with Crippen LogP contribution in [0.25, 0.3) is 0 Å². The van der Waals surface area contributed by atoms with Crippen molar-refractivity contribution in [3.63, 3.8) is 0 Å². The fourth-order valence-electron chi connectivity index (χ4n) is 2.80. The third kappa shape index (κ3) is 4.28. The fourth-order valence-corrected chi connectivity index (χ4v) is 2.80. The maximum atomic E-state index is 10.6. The number of hydrogen-bond acceptors (Lipinski definition) is 3. The van der Waals surface area contributed by atoms with E-state index in [1.165, 1.54) is 12.8 Å². The third-order valence-corrected chi connectivity index (χ3v) is 3.88. The molecule has 0 spiro atoms. The quantitative estimate of drug-likeness (QED) is 0.735. The monoisotopic (exact) mass is 240 g/mol. The fraction of sp³-hybridized carbons (Fsp3) is 0.923. The number of carbonyl (C=O) groups is 1. The Hall–Kier alpha value is -0.610. The summed E-state index contributed by atoms with van der Waals surface area (Å²) in [6, 6.07) is 1.33. The highest BCUT2D eigenvalue weighted by atomic mass is 16.4. The van der Waals surface area contributed by atoms with Crippen LogP contribution in [0.1, 0.15) is 39.0 Å². The van der Waals surface area contributed by atoms with Crippen molar-refractivity contribution < 1.29 is 9.90 Å². The van der Waals surface area contributed by atoms with Crippen LogP contribution in [0.4, 0.5) is 0 Å². The van der Waals surface area contributed by atoms with E-state index in [4.69, 9.17) is 5.11 Å². The molecule has 1 saturated carbocycles. The second-order valence-corrected chi connectivity index (χ2v) is 5.52. The van der Waals surface area contributed by atoms with Crippen molar-refractivity contribution in [3.05, 3.63) is 0 Å². The van der Waals surface area contributed by atoms with E-state index in [0.717, 1.165) is 38.5 Å². The zero-order chi connectivity index (χ0) is 12.3. The minimum atomic E-state index is -0.662. The highest BCUT2D eigenvalue weighted by Gasteiger charge is 2.31. The molecule has 0 aromatic heterocycles. The summed E-state index contributed by atoms with van der Waals surface area (Å²) in [4.78, 5) is 13.1. The summed E-state index contributed by atoms with van der Waals surface area (Å²) in [5.41, 5.74) is 0. The molecule has 0 radical (unpaired) electrons. The molecule has 4 nitrogen and oxygen atoms in total. The molecule has 2 N–H and O–H groups in total. The lowest BCUT2D eigenvalue weighted by Crippen LogP contribution is -2.49. The highest BCUT2D eigenvalue weighted by Crippen LogP contribution is 2.25. The summed E-state index contributed by atoms with van der Waals surface area (Å²) in [5, 5.41) is 12.4. The Bertz CT molecular complexity index is 266. The molecular formula is C13H24N2O2. The molecule has 4 heteroatoms. The molecule has 17 heavy (non-hydrogen) atoms. The van der Waals surface area contributed by atoms with Crippen LogP contribution in [0.15, 0.2) is 0 Å². The van der Waals surface area contributed by atoms with Crippen LogP contribution in [-0.4, -0.2) is 47.7 Å². The Morgan fingerprint density at radius 3 is 2.71 bits per heavy atom. The van der Waals surface area contributed by atoms with Gasteiger partial charge in [-0.25, -0.2) is 0 Å². The van der Waals surface area contributed by atoms with E-state index >= 15 is 0 Å². The van der Waals surface area contributed by atoms with Crippen molar-refractivity contribution in [2.45, 2.75) is 51.1 Å². The molecular weight excluding hydrogens is 216 g/mol. The van der Waals surface area contributed by atoms with Crippen LogP contribution >= 0.6 is 0 Å². The van der Waals surface area contributed by atoms with Crippen molar-refractivity contribution in [2.24, 2.45) is 5.92 Å². The average molecular weight is 240 g/mol. The first-order valence-corrected chi connectivity index (χ1v) is 6.87. The van der Waals surface area contributed by atoms with Gasteiger partial charge in [0.2, 0.25) is 0 Å². The number of rotatable bonds is 6. The Morgan fingerprint density at radius 1 is 1.35 bits per heavy atom. The van der Waals surface area contributed by atoms with Crippen LogP contribution in [0.3, 0.4) is 0 Å². The Labute approximate surface area is 103 Å². The van der Waals surface area contributed by atoms with E-state index in [9.17, 15) is 4.79 Å². The van der Waals surface area contributed by atoms with Gasteiger partial charge in [0, 0.05) is 31.6 Å². The van der Waals surface area contributed by atoms with Crippen LogP contribution in [-0.2, 0) is 4.79 Å². The van der Waals surface area contributed by atoms with Gasteiger partial charge in [0.1, 0.15) is 0 Å². The molecule has 0 aromatic carbocycles. The molecule has 0 amide bonds. The third-order valence-electron chi connectivity index (χ3n) is 3.88. The summed E-state index contributed by atoms with van der Waals surface area (Å²) in [6.07, 6.45) is 4.94. The van der Waals surface area contributed by atoms with Crippen LogP contribution < -0.4 is 5.32 Å². The lowest BCUT2D eigenvalue weighted by molar-refractivity contribution is -0.137. The van der Waals surface area contributed by atoms with Gasteiger partial charge in [-0.2, -0.15) is 0 Å². The van der Waals surface area contributed by atoms with Crippen molar-refractivity contribution in [1.29, 1.82) is 0 Å². The molecule has 98 valence electrons. The highest BCUT2D eigenvalue weighted by molar-refractivity contribution is 5.66. The van der Waals surface area contributed by atoms with Gasteiger partial charge in [-0.3, -0.25) is 4.79 Å². The number of nitrogens with one attached hydrogen (secondary N) is 1. The number of carboxylic acid groups (broad SMARTS) is 1. The molecule has 2 rings (SSSR count). The summed E-state index contributed by atoms with van der Waals surface area (Å²) in [7, 11) is 0. The molecule has 1 saturated heterocycles. The minimum absolute atomic E-state index is 0.318. The molecule has 1 heterocycles. The lowest BCUT2D eigenvalue weighted by Gasteiger charge is -2.37. The van der Waals surface area contributed by atoms with E-state index in [0.29, 0.717) is 18.4 Å². The number of hydrogen-bond donors (Lipinski definition) is 2. The molecule has 0 aromatic rings. The Kier molecular flexibility index (Phi) is 4.40. The van der Waals surface area contributed by atoms with Crippen LogP contribution in [0, 0.1) is 5.92 Å². The summed E-state index contributed by atoms with van der Waals surface area (Å²) >= 11 is 0. The number of carboxylic acids is 1. The van der Waals surface area contributed by atoms with Gasteiger partial charge in [0.15, 0.2) is 0 Å². The van der Waals surface area contributed by atoms with Crippen LogP contribution in [0.5, 0.6) is 0 Å². The number of likely N-dealkylation sites (N-methyl/N-ethyl adjacent to an activating group) is 1. The number of likely N-dealkylation sites (tertiary alicyclic amines) is 1. The molecule has 1 aliphatic carbocycles. The molecule has 2 unspecified atom stereocenters. The number of nitrogens with zero attached hydrogens (tertiary/aromatic N) is 1. The summed E-state index contributed by atoms with van der Waals surface area (Å²) < 4.78 is 0. The minimum Gasteiger partial charge on any atom is -0.481 e. The zero-order valence-corrected chi connectivity index (χ0v) is 10.7. The van der Waals surface area contributed by atoms with Gasteiger partial charge >= 0.3 is 5.97 Å². The van der Waals surface area contributed by atoms with Crippen molar-refractivity contribution in [2.75, 3.05) is 19.6 Å². The average Bonchev–Trinajstić information content (AvgIpc) is 3.10. The van der Waals surface area contributed by atoms with Gasteiger partial charge in [-0.15, -0.1) is 0 Å². The van der Waals surface area contributed by atoms with Crippen molar-refractivity contribution in [1.82, 2.24) is 10.2 Å². The number of piperidine rings is 1. The zero-order valence-electron chi connectivity index (χ0n) is 10.7. The predicted octanol–water partition coefficient (Wildman–Crippen LogP) is 1.31. The number of aliphatic carboxylic acids is 1. The standard InChI is InChI=1S/C13H24N2O2/c1-2-15-8-10(3-6-13(16)17)7-12(9-15)14-11-4-5-11/h10-12,14H,2-9H2,1H3,(H,16,17). The van der Waals surface area contributed by atoms with Gasteiger partial charge in [0.05, 0.1) is 0 Å². The molecule has 2 fully saturated rings. The predicted molar refractivity (Wildman–Crippen MR) is 67.0 cm³/mol. The Balaban J connectivity index is 1.80. The normalized spacial score (nSPS) is 30.4. The largest absolute Gasteiger partial charge is 0.481 e. The van der Waals surface area contributed by atoms with E-state index in [1.807, 2.05) is 0 Å². The maximum absolute atomic E-state index is 10.6.